The highest BCUT2D eigenvalue weighted by molar-refractivity contribution is 9.09. The number of hydrogen-bond donors (Lipinski definition) is 0. The molecule has 1 aliphatic rings. The second kappa shape index (κ2) is 12.2. The van der Waals surface area contributed by atoms with Crippen LogP contribution in [0.3, 0.4) is 0 Å². The first kappa shape index (κ1) is 26.0. The lowest BCUT2D eigenvalue weighted by Gasteiger charge is -2.31. The molecule has 0 radical (unpaired) electrons. The van der Waals surface area contributed by atoms with E-state index in [9.17, 15) is 4.79 Å². The third-order valence-corrected chi connectivity index (χ3v) is 10.1. The Morgan fingerprint density at radius 2 is 1.24 bits per heavy atom. The van der Waals surface area contributed by atoms with Crippen molar-refractivity contribution in [3.8, 4) is 0 Å². The first-order valence-corrected chi connectivity index (χ1v) is 14.8. The van der Waals surface area contributed by atoms with Gasteiger partial charge in [0.15, 0.2) is 0 Å². The summed E-state index contributed by atoms with van der Waals surface area (Å²) in [7, 11) is 0. The summed E-state index contributed by atoms with van der Waals surface area (Å²) in [6.45, 7) is 0. The highest BCUT2D eigenvalue weighted by Gasteiger charge is 2.44. The number of thioether (sulfide) groups is 1. The number of hydrogen-bond acceptors (Lipinski definition) is 4. The number of carbonyl (C=O) groups is 1. The molecule has 2 unspecified atom stereocenters. The van der Waals surface area contributed by atoms with Gasteiger partial charge in [0.05, 0.1) is 31.6 Å². The minimum absolute atomic E-state index is 0.0509. The molecule has 37 heavy (non-hydrogen) atoms. The van der Waals surface area contributed by atoms with Gasteiger partial charge in [-0.25, -0.2) is 4.79 Å². The maximum absolute atomic E-state index is 13.2. The molecule has 0 saturated heterocycles. The smallest absolute Gasteiger partial charge is 0.338 e. The van der Waals surface area contributed by atoms with Crippen LogP contribution in [0.4, 0.5) is 0 Å². The number of ether oxygens (including phenoxy) is 1. The number of rotatable bonds is 8. The molecule has 0 bridgehead atoms. The molecule has 3 nitrogen and oxygen atoms in total. The van der Waals surface area contributed by atoms with Gasteiger partial charge in [0.1, 0.15) is 6.10 Å². The third kappa shape index (κ3) is 6.08. The van der Waals surface area contributed by atoms with Crippen molar-refractivity contribution in [1.82, 2.24) is 0 Å². The molecule has 0 fully saturated rings. The van der Waals surface area contributed by atoms with Gasteiger partial charge < -0.3 is 4.74 Å². The molecule has 0 aromatic heterocycles. The van der Waals surface area contributed by atoms with Crippen molar-refractivity contribution in [2.24, 2.45) is 4.99 Å². The summed E-state index contributed by atoms with van der Waals surface area (Å²) < 4.78 is 6.19. The lowest BCUT2D eigenvalue weighted by molar-refractivity contribution is 0.0282. The largest absolute Gasteiger partial charge is 0.453 e. The molecule has 0 amide bonds. The zero-order valence-corrected chi connectivity index (χ0v) is 23.9. The molecule has 4 aromatic rings. The molecule has 0 spiro atoms. The number of alkyl halides is 2. The van der Waals surface area contributed by atoms with E-state index in [4.69, 9.17) is 9.73 Å². The van der Waals surface area contributed by atoms with Gasteiger partial charge in [-0.3, -0.25) is 4.99 Å². The number of benzene rings is 4. The number of nitrogens with zero attached hydrogens (tertiary/aromatic N) is 1. The van der Waals surface area contributed by atoms with Crippen molar-refractivity contribution >= 4 is 54.6 Å². The van der Waals surface area contributed by atoms with Gasteiger partial charge in [0.2, 0.25) is 0 Å². The van der Waals surface area contributed by atoms with Crippen LogP contribution in [0.5, 0.6) is 0 Å². The van der Waals surface area contributed by atoms with Crippen molar-refractivity contribution in [3.05, 3.63) is 144 Å². The molecule has 0 saturated carbocycles. The van der Waals surface area contributed by atoms with E-state index in [1.807, 2.05) is 72.8 Å². The summed E-state index contributed by atoms with van der Waals surface area (Å²) in [6, 6.07) is 39.5. The van der Waals surface area contributed by atoms with Crippen molar-refractivity contribution < 1.29 is 9.53 Å². The summed E-state index contributed by atoms with van der Waals surface area (Å²) in [5, 5.41) is 1.06. The van der Waals surface area contributed by atoms with Gasteiger partial charge in [0, 0.05) is 5.56 Å². The van der Waals surface area contributed by atoms with Gasteiger partial charge in [-0.1, -0.05) is 153 Å². The number of esters is 1. The lowest BCUT2D eigenvalue weighted by Crippen LogP contribution is -2.36. The Bertz CT molecular complexity index is 1340. The average Bonchev–Trinajstić information content (AvgIpc) is 3.42. The predicted octanol–water partition coefficient (Wildman–Crippen LogP) is 8.42. The first-order chi connectivity index (χ1) is 18.1. The minimum Gasteiger partial charge on any atom is -0.453 e. The molecular formula is C31H25Br2NO2S. The predicted molar refractivity (Wildman–Crippen MR) is 160 cm³/mol. The van der Waals surface area contributed by atoms with Crippen molar-refractivity contribution in [1.29, 1.82) is 0 Å². The molecule has 4 aromatic carbocycles. The van der Waals surface area contributed by atoms with Crippen LogP contribution in [0.2, 0.25) is 0 Å². The third-order valence-electron chi connectivity index (χ3n) is 6.26. The second-order valence-electron chi connectivity index (χ2n) is 8.73. The van der Waals surface area contributed by atoms with Gasteiger partial charge in [0.25, 0.3) is 0 Å². The van der Waals surface area contributed by atoms with Gasteiger partial charge >= 0.3 is 5.97 Å². The Kier molecular flexibility index (Phi) is 8.59. The normalized spacial score (nSPS) is 19.5. The second-order valence-corrected chi connectivity index (χ2v) is 11.9. The SMILES string of the molecule is O=C(O[C@@H](c1ccccc1)[C@H](Br)[C@H]1N=C(c2ccccc2)SC1C(Br)c1ccccc1)c1ccccc1. The van der Waals surface area contributed by atoms with Crippen molar-refractivity contribution in [2.75, 3.05) is 0 Å². The van der Waals surface area contributed by atoms with E-state index in [1.54, 1.807) is 23.9 Å². The molecule has 5 rings (SSSR count). The average molecular weight is 635 g/mol. The van der Waals surface area contributed by atoms with E-state index >= 15 is 0 Å². The van der Waals surface area contributed by atoms with E-state index in [-0.39, 0.29) is 26.9 Å². The van der Waals surface area contributed by atoms with Gasteiger partial charge in [-0.05, 0) is 23.3 Å². The lowest BCUT2D eigenvalue weighted by atomic mass is 9.96. The number of aliphatic imine (C=N–C) groups is 1. The summed E-state index contributed by atoms with van der Waals surface area (Å²) >= 11 is 9.73. The molecule has 1 heterocycles. The number of carbonyl (C=O) groups excluding carboxylic acids is 1. The Balaban J connectivity index is 1.51. The van der Waals surface area contributed by atoms with Crippen LogP contribution in [0, 0.1) is 0 Å². The fraction of sp³-hybridized carbons (Fsp3) is 0.161. The number of halogens is 2. The van der Waals surface area contributed by atoms with Crippen LogP contribution in [0.1, 0.15) is 38.0 Å². The quantitative estimate of drug-likeness (QED) is 0.144. The molecule has 0 aliphatic carbocycles. The maximum atomic E-state index is 13.2. The van der Waals surface area contributed by atoms with Crippen LogP contribution in [0.15, 0.2) is 126 Å². The first-order valence-electron chi connectivity index (χ1n) is 12.1. The van der Waals surface area contributed by atoms with E-state index in [1.165, 1.54) is 5.56 Å². The fourth-order valence-corrected chi connectivity index (χ4v) is 7.73. The maximum Gasteiger partial charge on any atom is 0.338 e. The Hall–Kier alpha value is -2.67. The van der Waals surface area contributed by atoms with Crippen LogP contribution < -0.4 is 0 Å². The van der Waals surface area contributed by atoms with Crippen molar-refractivity contribution in [3.63, 3.8) is 0 Å². The summed E-state index contributed by atoms with van der Waals surface area (Å²) in [6.07, 6.45) is -0.531. The van der Waals surface area contributed by atoms with E-state index < -0.39 is 6.10 Å². The monoisotopic (exact) mass is 633 g/mol. The molecule has 6 heteroatoms. The van der Waals surface area contributed by atoms with Crippen molar-refractivity contribution in [2.45, 2.75) is 27.1 Å². The summed E-state index contributed by atoms with van der Waals surface area (Å²) in [5.41, 5.74) is 3.72. The standard InChI is InChI=1S/C31H25Br2NO2S/c32-25(21-13-5-1-6-14-21)29-27(34-30(37-29)23-17-9-3-10-18-23)26(33)28(22-15-7-2-8-16-22)36-31(35)24-19-11-4-12-20-24/h1-20,25-29H/t25?,26-,27-,28+,29?/m1/s1. The summed E-state index contributed by atoms with van der Waals surface area (Å²) in [5.74, 6) is -0.355. The molecule has 186 valence electrons. The Morgan fingerprint density at radius 3 is 1.84 bits per heavy atom. The highest BCUT2D eigenvalue weighted by atomic mass is 79.9. The van der Waals surface area contributed by atoms with Gasteiger partial charge in [-0.15, -0.1) is 0 Å². The van der Waals surface area contributed by atoms with Crippen LogP contribution in [-0.4, -0.2) is 27.1 Å². The van der Waals surface area contributed by atoms with E-state index in [2.05, 4.69) is 68.3 Å². The van der Waals surface area contributed by atoms with Gasteiger partial charge in [-0.2, -0.15) is 0 Å². The van der Waals surface area contributed by atoms with E-state index in [0.29, 0.717) is 5.56 Å². The molecular weight excluding hydrogens is 610 g/mol. The summed E-state index contributed by atoms with van der Waals surface area (Å²) in [4.78, 5) is 18.2. The van der Waals surface area contributed by atoms with E-state index in [0.717, 1.165) is 16.2 Å². The fourth-order valence-electron chi connectivity index (χ4n) is 4.37. The highest BCUT2D eigenvalue weighted by Crippen LogP contribution is 2.47. The molecule has 1 aliphatic heterocycles. The molecule has 0 N–H and O–H groups in total. The van der Waals surface area contributed by atoms with Crippen LogP contribution in [0.25, 0.3) is 0 Å². The topological polar surface area (TPSA) is 38.7 Å². The molecule has 5 atom stereocenters. The minimum atomic E-state index is -0.531. The Labute approximate surface area is 238 Å². The Morgan fingerprint density at radius 1 is 0.730 bits per heavy atom. The van der Waals surface area contributed by atoms with Crippen LogP contribution >= 0.6 is 43.6 Å². The van der Waals surface area contributed by atoms with Crippen LogP contribution in [-0.2, 0) is 4.74 Å². The zero-order chi connectivity index (χ0) is 25.6. The zero-order valence-electron chi connectivity index (χ0n) is 19.9.